The van der Waals surface area contributed by atoms with Gasteiger partial charge in [-0.2, -0.15) is 0 Å². The fraction of sp³-hybridized carbons (Fsp3) is 0.444. The van der Waals surface area contributed by atoms with Crippen LogP contribution in [0.5, 0.6) is 0 Å². The summed E-state index contributed by atoms with van der Waals surface area (Å²) in [5.74, 6) is -0.408. The SMILES string of the molecule is CC1(Cl)C=CC(OCC(=O)O)=CC1. The van der Waals surface area contributed by atoms with Crippen molar-refractivity contribution in [3.05, 3.63) is 24.0 Å². The van der Waals surface area contributed by atoms with E-state index in [1.807, 2.05) is 6.92 Å². The summed E-state index contributed by atoms with van der Waals surface area (Å²) >= 11 is 6.00. The smallest absolute Gasteiger partial charge is 0.341 e. The van der Waals surface area contributed by atoms with Gasteiger partial charge in [0.2, 0.25) is 0 Å². The number of allylic oxidation sites excluding steroid dienone is 3. The first-order valence-electron chi connectivity index (χ1n) is 3.92. The zero-order valence-corrected chi connectivity index (χ0v) is 8.04. The number of carboxylic acids is 1. The van der Waals surface area contributed by atoms with Gasteiger partial charge >= 0.3 is 5.97 Å². The number of carboxylic acid groups (broad SMARTS) is 1. The largest absolute Gasteiger partial charge is 0.482 e. The second-order valence-corrected chi connectivity index (χ2v) is 3.97. The van der Waals surface area contributed by atoms with Gasteiger partial charge in [-0.1, -0.05) is 6.08 Å². The second-order valence-electron chi connectivity index (χ2n) is 3.10. The van der Waals surface area contributed by atoms with E-state index in [9.17, 15) is 4.79 Å². The van der Waals surface area contributed by atoms with Gasteiger partial charge in [0.15, 0.2) is 6.61 Å². The highest BCUT2D eigenvalue weighted by molar-refractivity contribution is 6.25. The summed E-state index contributed by atoms with van der Waals surface area (Å²) in [7, 11) is 0. The summed E-state index contributed by atoms with van der Waals surface area (Å²) in [5, 5.41) is 8.34. The molecule has 0 heterocycles. The molecular weight excluding hydrogens is 192 g/mol. The minimum absolute atomic E-state index is 0.310. The Hall–Kier alpha value is -0.960. The summed E-state index contributed by atoms with van der Waals surface area (Å²) in [5.41, 5.74) is 0. The molecule has 1 rings (SSSR count). The Morgan fingerprint density at radius 1 is 1.85 bits per heavy atom. The highest BCUT2D eigenvalue weighted by Gasteiger charge is 2.19. The molecule has 0 bridgehead atoms. The van der Waals surface area contributed by atoms with Crippen molar-refractivity contribution < 1.29 is 14.6 Å². The predicted molar refractivity (Wildman–Crippen MR) is 49.7 cm³/mol. The molecule has 13 heavy (non-hydrogen) atoms. The number of alkyl halides is 1. The molecule has 0 aromatic heterocycles. The monoisotopic (exact) mass is 202 g/mol. The van der Waals surface area contributed by atoms with Crippen LogP contribution in [0.3, 0.4) is 0 Å². The lowest BCUT2D eigenvalue weighted by Crippen LogP contribution is -2.15. The van der Waals surface area contributed by atoms with Gasteiger partial charge in [-0.25, -0.2) is 4.79 Å². The van der Waals surface area contributed by atoms with Crippen LogP contribution in [0.1, 0.15) is 13.3 Å². The van der Waals surface area contributed by atoms with Crippen molar-refractivity contribution in [2.75, 3.05) is 6.61 Å². The average Bonchev–Trinajstić information content (AvgIpc) is 2.02. The molecule has 0 aliphatic heterocycles. The van der Waals surface area contributed by atoms with Crippen molar-refractivity contribution in [2.45, 2.75) is 18.2 Å². The Morgan fingerprint density at radius 3 is 3.00 bits per heavy atom. The summed E-state index contributed by atoms with van der Waals surface area (Å²) in [6, 6.07) is 0. The molecule has 0 saturated carbocycles. The summed E-state index contributed by atoms with van der Waals surface area (Å²) in [6.07, 6.45) is 5.93. The van der Waals surface area contributed by atoms with E-state index < -0.39 is 5.97 Å². The lowest BCUT2D eigenvalue weighted by Gasteiger charge is -2.19. The van der Waals surface area contributed by atoms with Crippen LogP contribution in [0.2, 0.25) is 0 Å². The predicted octanol–water partition coefficient (Wildman–Crippen LogP) is 1.93. The van der Waals surface area contributed by atoms with E-state index in [0.717, 1.165) is 0 Å². The van der Waals surface area contributed by atoms with E-state index >= 15 is 0 Å². The Kier molecular flexibility index (Phi) is 2.98. The molecule has 1 aliphatic rings. The van der Waals surface area contributed by atoms with Gasteiger partial charge in [0.25, 0.3) is 0 Å². The van der Waals surface area contributed by atoms with E-state index in [0.29, 0.717) is 12.2 Å². The highest BCUT2D eigenvalue weighted by Crippen LogP contribution is 2.26. The molecule has 0 amide bonds. The van der Waals surface area contributed by atoms with Gasteiger partial charge in [0.1, 0.15) is 5.76 Å². The average molecular weight is 203 g/mol. The summed E-state index contributed by atoms with van der Waals surface area (Å²) < 4.78 is 4.95. The fourth-order valence-corrected chi connectivity index (χ4v) is 1.08. The van der Waals surface area contributed by atoms with Crippen LogP contribution in [-0.2, 0) is 9.53 Å². The fourth-order valence-electron chi connectivity index (χ4n) is 0.944. The van der Waals surface area contributed by atoms with Crippen LogP contribution in [0.15, 0.2) is 24.0 Å². The zero-order valence-electron chi connectivity index (χ0n) is 7.29. The van der Waals surface area contributed by atoms with Gasteiger partial charge in [-0.15, -0.1) is 11.6 Å². The number of rotatable bonds is 3. The Labute approximate surface area is 81.6 Å². The molecule has 0 aromatic carbocycles. The quantitative estimate of drug-likeness (QED) is 0.712. The molecule has 72 valence electrons. The minimum atomic E-state index is -0.978. The number of hydrogen-bond donors (Lipinski definition) is 1. The van der Waals surface area contributed by atoms with Crippen LogP contribution in [0, 0.1) is 0 Å². The van der Waals surface area contributed by atoms with E-state index in [-0.39, 0.29) is 11.5 Å². The van der Waals surface area contributed by atoms with E-state index in [1.54, 1.807) is 18.2 Å². The van der Waals surface area contributed by atoms with Crippen molar-refractivity contribution in [1.29, 1.82) is 0 Å². The Balaban J connectivity index is 2.44. The van der Waals surface area contributed by atoms with Crippen molar-refractivity contribution in [2.24, 2.45) is 0 Å². The van der Waals surface area contributed by atoms with Gasteiger partial charge in [0.05, 0.1) is 4.87 Å². The van der Waals surface area contributed by atoms with Gasteiger partial charge < -0.3 is 9.84 Å². The molecule has 0 spiro atoms. The summed E-state index contributed by atoms with van der Waals surface area (Å²) in [4.78, 5) is 9.80. The number of hydrogen-bond acceptors (Lipinski definition) is 2. The van der Waals surface area contributed by atoms with Crippen molar-refractivity contribution in [3.63, 3.8) is 0 Å². The lowest BCUT2D eigenvalue weighted by atomic mass is 10.0. The minimum Gasteiger partial charge on any atom is -0.482 e. The van der Waals surface area contributed by atoms with Crippen molar-refractivity contribution in [1.82, 2.24) is 0 Å². The van der Waals surface area contributed by atoms with E-state index in [2.05, 4.69) is 0 Å². The molecule has 0 radical (unpaired) electrons. The highest BCUT2D eigenvalue weighted by atomic mass is 35.5. The number of carbonyl (C=O) groups is 1. The Morgan fingerprint density at radius 2 is 2.54 bits per heavy atom. The molecule has 1 atom stereocenters. The molecule has 0 saturated heterocycles. The van der Waals surface area contributed by atoms with Crippen LogP contribution < -0.4 is 0 Å². The number of aliphatic carboxylic acids is 1. The van der Waals surface area contributed by atoms with Crippen molar-refractivity contribution in [3.8, 4) is 0 Å². The molecule has 0 fully saturated rings. The maximum Gasteiger partial charge on any atom is 0.341 e. The van der Waals surface area contributed by atoms with Crippen LogP contribution >= 0.6 is 11.6 Å². The van der Waals surface area contributed by atoms with E-state index in [4.69, 9.17) is 21.4 Å². The third kappa shape index (κ3) is 3.51. The van der Waals surface area contributed by atoms with Crippen molar-refractivity contribution >= 4 is 17.6 Å². The first-order chi connectivity index (χ1) is 5.99. The number of halogens is 1. The van der Waals surface area contributed by atoms with Gasteiger partial charge in [-0.05, 0) is 25.5 Å². The first-order valence-corrected chi connectivity index (χ1v) is 4.30. The third-order valence-electron chi connectivity index (χ3n) is 1.66. The molecule has 1 aliphatic carbocycles. The molecule has 4 heteroatoms. The van der Waals surface area contributed by atoms with Crippen LogP contribution in [-0.4, -0.2) is 22.6 Å². The zero-order chi connectivity index (χ0) is 9.90. The van der Waals surface area contributed by atoms with Gasteiger partial charge in [0, 0.05) is 0 Å². The van der Waals surface area contributed by atoms with E-state index in [1.165, 1.54) is 0 Å². The van der Waals surface area contributed by atoms with Gasteiger partial charge in [-0.3, -0.25) is 0 Å². The maximum absolute atomic E-state index is 10.2. The normalized spacial score (nSPS) is 26.8. The standard InChI is InChI=1S/C9H11ClO3/c1-9(10)4-2-7(3-5-9)13-6-8(11)12/h2-4H,5-6H2,1H3,(H,11,12). The second kappa shape index (κ2) is 3.83. The lowest BCUT2D eigenvalue weighted by molar-refractivity contribution is -0.140. The molecular formula is C9H11ClO3. The third-order valence-corrected chi connectivity index (χ3v) is 1.94. The molecule has 1 N–H and O–H groups in total. The Bertz CT molecular complexity index is 266. The first kappa shape index (κ1) is 10.1. The summed E-state index contributed by atoms with van der Waals surface area (Å²) in [6.45, 7) is 1.57. The molecule has 0 aromatic rings. The number of ether oxygens (including phenoxy) is 1. The molecule has 1 unspecified atom stereocenters. The molecule has 3 nitrogen and oxygen atoms in total. The topological polar surface area (TPSA) is 46.5 Å². The van der Waals surface area contributed by atoms with Crippen LogP contribution in [0.25, 0.3) is 0 Å². The maximum atomic E-state index is 10.2. The van der Waals surface area contributed by atoms with Crippen LogP contribution in [0.4, 0.5) is 0 Å².